The number of carbonyl (C=O) groups excluding carboxylic acids is 2. The molecule has 2 aromatic carbocycles. The number of halogens is 1. The van der Waals surface area contributed by atoms with E-state index in [1.165, 1.54) is 11.3 Å². The van der Waals surface area contributed by atoms with Crippen molar-refractivity contribution >= 4 is 67.1 Å². The summed E-state index contributed by atoms with van der Waals surface area (Å²) in [4.78, 5) is 35.7. The zero-order valence-corrected chi connectivity index (χ0v) is 21.3. The van der Waals surface area contributed by atoms with E-state index in [0.29, 0.717) is 66.5 Å². The summed E-state index contributed by atoms with van der Waals surface area (Å²) >= 11 is 7.61. The van der Waals surface area contributed by atoms with E-state index in [-0.39, 0.29) is 11.8 Å². The molecule has 0 radical (unpaired) electrons. The smallest absolute Gasteiger partial charge is 0.251 e. The van der Waals surface area contributed by atoms with E-state index in [9.17, 15) is 9.59 Å². The Morgan fingerprint density at radius 3 is 2.92 bits per heavy atom. The summed E-state index contributed by atoms with van der Waals surface area (Å²) in [6.45, 7) is 3.95. The molecular weight excluding hydrogens is 502 g/mol. The van der Waals surface area contributed by atoms with Crippen LogP contribution in [-0.4, -0.2) is 77.7 Å². The number of ether oxygens (including phenoxy) is 1. The third kappa shape index (κ3) is 5.44. The van der Waals surface area contributed by atoms with Crippen LogP contribution in [0.3, 0.4) is 0 Å². The first kappa shape index (κ1) is 24.4. The van der Waals surface area contributed by atoms with Gasteiger partial charge in [0, 0.05) is 50.4 Å². The molecule has 188 valence electrons. The molecule has 0 unspecified atom stereocenters. The van der Waals surface area contributed by atoms with Crippen molar-refractivity contribution in [3.05, 3.63) is 47.0 Å². The zero-order valence-electron chi connectivity index (χ0n) is 19.7. The van der Waals surface area contributed by atoms with Gasteiger partial charge in [0.1, 0.15) is 0 Å². The molecule has 1 aliphatic heterocycles. The second-order valence-electron chi connectivity index (χ2n) is 8.42. The van der Waals surface area contributed by atoms with E-state index >= 15 is 0 Å². The van der Waals surface area contributed by atoms with Crippen LogP contribution in [0, 0.1) is 0 Å². The number of nitrogens with one attached hydrogen (secondary N) is 3. The van der Waals surface area contributed by atoms with Crippen LogP contribution in [0.5, 0.6) is 0 Å². The minimum Gasteiger partial charge on any atom is -0.383 e. The average Bonchev–Trinajstić information content (AvgIpc) is 3.41. The Labute approximate surface area is 216 Å². The highest BCUT2D eigenvalue weighted by molar-refractivity contribution is 7.22. The van der Waals surface area contributed by atoms with Crippen molar-refractivity contribution in [2.75, 3.05) is 51.8 Å². The number of carbonyl (C=O) groups is 2. The molecular formula is C24H26ClN7O3S. The molecule has 10 nitrogen and oxygen atoms in total. The van der Waals surface area contributed by atoms with E-state index in [1.54, 1.807) is 19.2 Å². The van der Waals surface area contributed by atoms with Gasteiger partial charge in [-0.3, -0.25) is 14.5 Å². The quantitative estimate of drug-likeness (QED) is 0.307. The van der Waals surface area contributed by atoms with Crippen LogP contribution < -0.4 is 16.0 Å². The standard InChI is InChI=1S/C24H26ClN7O3S/c1-35-11-10-32-19-5-2-15(22(34)27-7-9-31-8-6-26-21(33)14-31)12-18(19)28-23(32)30-24-29-17-4-3-16(25)13-20(17)36-24/h2-5,12-13H,6-11,14H2,1H3,(H,26,33)(H,27,34)(H,28,29,30). The second-order valence-corrected chi connectivity index (χ2v) is 9.89. The molecule has 0 aliphatic carbocycles. The van der Waals surface area contributed by atoms with Gasteiger partial charge in [0.05, 0.1) is 34.4 Å². The van der Waals surface area contributed by atoms with Crippen molar-refractivity contribution < 1.29 is 14.3 Å². The number of aromatic nitrogens is 3. The highest BCUT2D eigenvalue weighted by Gasteiger charge is 2.17. The number of nitrogens with zero attached hydrogens (tertiary/aromatic N) is 4. The SMILES string of the molecule is COCCn1c(Nc2nc3ccc(Cl)cc3s2)nc2cc(C(=O)NCCN3CCNC(=O)C3)ccc21. The molecule has 4 aromatic rings. The van der Waals surface area contributed by atoms with E-state index in [2.05, 4.69) is 20.9 Å². The van der Waals surface area contributed by atoms with Gasteiger partial charge in [-0.2, -0.15) is 0 Å². The third-order valence-corrected chi connectivity index (χ3v) is 7.10. The molecule has 3 N–H and O–H groups in total. The maximum atomic E-state index is 12.8. The summed E-state index contributed by atoms with van der Waals surface area (Å²) in [5, 5.41) is 10.4. The first-order chi connectivity index (χ1) is 17.5. The molecule has 0 bridgehead atoms. The van der Waals surface area contributed by atoms with Gasteiger partial charge in [-0.05, 0) is 36.4 Å². The number of amides is 2. The van der Waals surface area contributed by atoms with Crippen molar-refractivity contribution in [2.24, 2.45) is 0 Å². The Morgan fingerprint density at radius 2 is 2.08 bits per heavy atom. The molecule has 2 aromatic heterocycles. The molecule has 0 saturated carbocycles. The van der Waals surface area contributed by atoms with Crippen LogP contribution in [0.2, 0.25) is 5.02 Å². The molecule has 2 amide bonds. The van der Waals surface area contributed by atoms with Crippen LogP contribution >= 0.6 is 22.9 Å². The van der Waals surface area contributed by atoms with Crippen LogP contribution in [-0.2, 0) is 16.1 Å². The monoisotopic (exact) mass is 527 g/mol. The summed E-state index contributed by atoms with van der Waals surface area (Å²) in [6.07, 6.45) is 0. The lowest BCUT2D eigenvalue weighted by atomic mass is 10.2. The Balaban J connectivity index is 1.33. The topological polar surface area (TPSA) is 113 Å². The maximum absolute atomic E-state index is 12.8. The zero-order chi connectivity index (χ0) is 25.1. The Kier molecular flexibility index (Phi) is 7.33. The normalized spacial score (nSPS) is 14.3. The van der Waals surface area contributed by atoms with Gasteiger partial charge in [0.15, 0.2) is 5.13 Å². The summed E-state index contributed by atoms with van der Waals surface area (Å²) < 4.78 is 8.29. The van der Waals surface area contributed by atoms with E-state index < -0.39 is 0 Å². The van der Waals surface area contributed by atoms with Gasteiger partial charge in [-0.25, -0.2) is 9.97 Å². The van der Waals surface area contributed by atoms with Crippen LogP contribution in [0.1, 0.15) is 10.4 Å². The summed E-state index contributed by atoms with van der Waals surface area (Å²) in [6, 6.07) is 11.1. The minimum absolute atomic E-state index is 0.0150. The number of benzene rings is 2. The Morgan fingerprint density at radius 1 is 1.19 bits per heavy atom. The minimum atomic E-state index is -0.178. The molecule has 0 spiro atoms. The highest BCUT2D eigenvalue weighted by atomic mass is 35.5. The first-order valence-electron chi connectivity index (χ1n) is 11.6. The lowest BCUT2D eigenvalue weighted by molar-refractivity contribution is -0.124. The Bertz CT molecular complexity index is 1420. The van der Waals surface area contributed by atoms with Gasteiger partial charge in [0.2, 0.25) is 11.9 Å². The lowest BCUT2D eigenvalue weighted by Crippen LogP contribution is -2.49. The summed E-state index contributed by atoms with van der Waals surface area (Å²) in [7, 11) is 1.66. The number of piperazine rings is 1. The van der Waals surface area contributed by atoms with E-state index in [0.717, 1.165) is 22.3 Å². The van der Waals surface area contributed by atoms with Crippen molar-refractivity contribution in [3.63, 3.8) is 0 Å². The molecule has 1 fully saturated rings. The van der Waals surface area contributed by atoms with Gasteiger partial charge < -0.3 is 25.3 Å². The van der Waals surface area contributed by atoms with Crippen molar-refractivity contribution in [2.45, 2.75) is 6.54 Å². The van der Waals surface area contributed by atoms with Crippen LogP contribution in [0.25, 0.3) is 21.3 Å². The van der Waals surface area contributed by atoms with Crippen molar-refractivity contribution in [1.82, 2.24) is 30.1 Å². The maximum Gasteiger partial charge on any atom is 0.251 e. The van der Waals surface area contributed by atoms with E-state index in [1.807, 2.05) is 33.7 Å². The largest absolute Gasteiger partial charge is 0.383 e. The number of rotatable bonds is 9. The number of fused-ring (bicyclic) bond motifs is 2. The number of thiazole rings is 1. The van der Waals surface area contributed by atoms with Gasteiger partial charge in [-0.1, -0.05) is 22.9 Å². The molecule has 12 heteroatoms. The Hall–Kier alpha value is -3.25. The van der Waals surface area contributed by atoms with Crippen molar-refractivity contribution in [3.8, 4) is 0 Å². The fourth-order valence-corrected chi connectivity index (χ4v) is 5.27. The summed E-state index contributed by atoms with van der Waals surface area (Å²) in [5.41, 5.74) is 2.96. The number of hydrogen-bond donors (Lipinski definition) is 3. The summed E-state index contributed by atoms with van der Waals surface area (Å²) in [5.74, 6) is 0.455. The third-order valence-electron chi connectivity index (χ3n) is 5.93. The number of methoxy groups -OCH3 is 1. The number of anilines is 2. The van der Waals surface area contributed by atoms with Crippen molar-refractivity contribution in [1.29, 1.82) is 0 Å². The lowest BCUT2D eigenvalue weighted by Gasteiger charge is -2.26. The molecule has 36 heavy (non-hydrogen) atoms. The predicted molar refractivity (Wildman–Crippen MR) is 141 cm³/mol. The number of hydrogen-bond acceptors (Lipinski definition) is 8. The molecule has 3 heterocycles. The molecule has 1 aliphatic rings. The van der Waals surface area contributed by atoms with Gasteiger partial charge in [0.25, 0.3) is 5.91 Å². The van der Waals surface area contributed by atoms with Crippen LogP contribution in [0.15, 0.2) is 36.4 Å². The highest BCUT2D eigenvalue weighted by Crippen LogP contribution is 2.31. The number of imidazole rings is 1. The van der Waals surface area contributed by atoms with Gasteiger partial charge >= 0.3 is 0 Å². The molecule has 5 rings (SSSR count). The molecule has 0 atom stereocenters. The predicted octanol–water partition coefficient (Wildman–Crippen LogP) is 2.85. The van der Waals surface area contributed by atoms with E-state index in [4.69, 9.17) is 21.3 Å². The average molecular weight is 528 g/mol. The first-order valence-corrected chi connectivity index (χ1v) is 12.8. The fourth-order valence-electron chi connectivity index (χ4n) is 4.13. The van der Waals surface area contributed by atoms with Gasteiger partial charge in [-0.15, -0.1) is 0 Å². The van der Waals surface area contributed by atoms with Crippen LogP contribution in [0.4, 0.5) is 11.1 Å². The molecule has 1 saturated heterocycles. The fraction of sp³-hybridized carbons (Fsp3) is 0.333. The second kappa shape index (κ2) is 10.8.